The summed E-state index contributed by atoms with van der Waals surface area (Å²) in [5, 5.41) is 0.0826. The molecule has 0 aliphatic carbocycles. The van der Waals surface area contributed by atoms with Gasteiger partial charge >= 0.3 is 0 Å². The lowest BCUT2D eigenvalue weighted by atomic mass is 10.3. The van der Waals surface area contributed by atoms with Gasteiger partial charge in [-0.25, -0.2) is 8.42 Å². The maximum Gasteiger partial charge on any atom is 0.155 e. The third kappa shape index (κ3) is 4.48. The highest BCUT2D eigenvalue weighted by Gasteiger charge is 2.16. The van der Waals surface area contributed by atoms with Gasteiger partial charge in [0.15, 0.2) is 9.84 Å². The number of benzene rings is 1. The van der Waals surface area contributed by atoms with Crippen LogP contribution < -0.4 is 4.74 Å². The molecule has 0 aliphatic heterocycles. The first-order valence-electron chi connectivity index (χ1n) is 5.12. The van der Waals surface area contributed by atoms with Gasteiger partial charge in [0, 0.05) is 4.47 Å². The topological polar surface area (TPSA) is 43.4 Å². The largest absolute Gasteiger partial charge is 0.491 e. The molecule has 1 aromatic rings. The highest BCUT2D eigenvalue weighted by atomic mass is 79.9. The van der Waals surface area contributed by atoms with Crippen molar-refractivity contribution in [1.29, 1.82) is 0 Å². The summed E-state index contributed by atoms with van der Waals surface area (Å²) in [4.78, 5) is 0. The summed E-state index contributed by atoms with van der Waals surface area (Å²) in [6, 6.07) is 5.20. The summed E-state index contributed by atoms with van der Waals surface area (Å²) in [6.45, 7) is 3.42. The van der Waals surface area contributed by atoms with Gasteiger partial charge in [0.05, 0.1) is 16.0 Å². The Morgan fingerprint density at radius 2 is 2.06 bits per heavy atom. The Morgan fingerprint density at radius 3 is 2.65 bits per heavy atom. The van der Waals surface area contributed by atoms with E-state index < -0.39 is 9.84 Å². The molecule has 0 aliphatic rings. The molecule has 0 amide bonds. The summed E-state index contributed by atoms with van der Waals surface area (Å²) >= 11 is 9.21. The van der Waals surface area contributed by atoms with Crippen LogP contribution in [0.15, 0.2) is 22.7 Å². The van der Waals surface area contributed by atoms with E-state index in [-0.39, 0.29) is 17.6 Å². The first-order chi connectivity index (χ1) is 7.83. The van der Waals surface area contributed by atoms with Crippen LogP contribution >= 0.6 is 27.5 Å². The zero-order valence-corrected chi connectivity index (χ0v) is 12.8. The van der Waals surface area contributed by atoms with Crippen molar-refractivity contribution in [3.63, 3.8) is 0 Å². The van der Waals surface area contributed by atoms with Crippen LogP contribution in [0.2, 0.25) is 5.02 Å². The zero-order valence-electron chi connectivity index (χ0n) is 9.61. The molecule has 1 aromatic carbocycles. The number of hydrogen-bond donors (Lipinski definition) is 0. The van der Waals surface area contributed by atoms with Crippen molar-refractivity contribution in [1.82, 2.24) is 0 Å². The molecule has 0 heterocycles. The number of ether oxygens (including phenoxy) is 1. The molecule has 0 radical (unpaired) electrons. The van der Waals surface area contributed by atoms with Gasteiger partial charge in [-0.05, 0) is 32.0 Å². The van der Waals surface area contributed by atoms with E-state index in [2.05, 4.69) is 15.9 Å². The predicted molar refractivity (Wildman–Crippen MR) is 73.6 cm³/mol. The van der Waals surface area contributed by atoms with Crippen molar-refractivity contribution in [3.8, 4) is 5.75 Å². The lowest BCUT2D eigenvalue weighted by Gasteiger charge is -2.10. The van der Waals surface area contributed by atoms with E-state index in [0.717, 1.165) is 4.47 Å². The molecule has 17 heavy (non-hydrogen) atoms. The van der Waals surface area contributed by atoms with Crippen molar-refractivity contribution in [2.24, 2.45) is 0 Å². The molecule has 96 valence electrons. The molecular weight excluding hydrogens is 328 g/mol. The van der Waals surface area contributed by atoms with Crippen molar-refractivity contribution in [2.75, 3.05) is 12.4 Å². The maximum absolute atomic E-state index is 11.6. The smallest absolute Gasteiger partial charge is 0.155 e. The summed E-state index contributed by atoms with van der Waals surface area (Å²) in [7, 11) is -3.07. The van der Waals surface area contributed by atoms with Crippen LogP contribution in [0.1, 0.15) is 13.8 Å². The molecule has 3 nitrogen and oxygen atoms in total. The predicted octanol–water partition coefficient (Wildman–Crippen LogP) is 3.30. The van der Waals surface area contributed by atoms with E-state index in [1.54, 1.807) is 32.0 Å². The van der Waals surface area contributed by atoms with Gasteiger partial charge in [0.2, 0.25) is 0 Å². The molecule has 0 saturated heterocycles. The van der Waals surface area contributed by atoms with E-state index in [1.807, 2.05) is 0 Å². The molecule has 0 unspecified atom stereocenters. The van der Waals surface area contributed by atoms with Crippen molar-refractivity contribution in [2.45, 2.75) is 19.1 Å². The molecule has 0 saturated carbocycles. The van der Waals surface area contributed by atoms with Crippen molar-refractivity contribution < 1.29 is 13.2 Å². The highest BCUT2D eigenvalue weighted by Crippen LogP contribution is 2.27. The molecular formula is C11H14BrClO3S. The first kappa shape index (κ1) is 14.8. The summed E-state index contributed by atoms with van der Waals surface area (Å²) in [5.41, 5.74) is 0. The van der Waals surface area contributed by atoms with Crippen LogP contribution in [-0.4, -0.2) is 26.0 Å². The van der Waals surface area contributed by atoms with Gasteiger partial charge < -0.3 is 4.74 Å². The molecule has 0 aromatic heterocycles. The number of rotatable bonds is 5. The van der Waals surface area contributed by atoms with Crippen LogP contribution in [-0.2, 0) is 9.84 Å². The first-order valence-corrected chi connectivity index (χ1v) is 8.01. The molecule has 6 heteroatoms. The van der Waals surface area contributed by atoms with E-state index in [4.69, 9.17) is 16.3 Å². The van der Waals surface area contributed by atoms with Crippen molar-refractivity contribution in [3.05, 3.63) is 27.7 Å². The fourth-order valence-corrected chi connectivity index (χ4v) is 2.39. The van der Waals surface area contributed by atoms with Crippen LogP contribution in [0.3, 0.4) is 0 Å². The molecule has 0 fully saturated rings. The van der Waals surface area contributed by atoms with Crippen molar-refractivity contribution >= 4 is 37.4 Å². The van der Waals surface area contributed by atoms with Crippen LogP contribution in [0.5, 0.6) is 5.75 Å². The van der Waals surface area contributed by atoms with Gasteiger partial charge in [0.25, 0.3) is 0 Å². The minimum atomic E-state index is -3.07. The standard InChI is InChI=1S/C11H14BrClO3S/c1-8(2)17(14,15)6-5-16-11-7-9(12)3-4-10(11)13/h3-4,7-8H,5-6H2,1-2H3. The zero-order chi connectivity index (χ0) is 13.1. The molecule has 0 bridgehead atoms. The lowest BCUT2D eigenvalue weighted by molar-refractivity contribution is 0.340. The fraction of sp³-hybridized carbons (Fsp3) is 0.455. The Morgan fingerprint density at radius 1 is 1.41 bits per heavy atom. The quantitative estimate of drug-likeness (QED) is 0.825. The Bertz CT molecular complexity index is 485. The minimum absolute atomic E-state index is 0.00644. The highest BCUT2D eigenvalue weighted by molar-refractivity contribution is 9.10. The van der Waals surface area contributed by atoms with Gasteiger partial charge in [-0.2, -0.15) is 0 Å². The Labute approximate surface area is 115 Å². The van der Waals surface area contributed by atoms with E-state index in [9.17, 15) is 8.42 Å². The fourth-order valence-electron chi connectivity index (χ4n) is 1.09. The van der Waals surface area contributed by atoms with Gasteiger partial charge in [-0.15, -0.1) is 0 Å². The number of halogens is 2. The van der Waals surface area contributed by atoms with Crippen LogP contribution in [0.4, 0.5) is 0 Å². The Balaban J connectivity index is 2.60. The monoisotopic (exact) mass is 340 g/mol. The SMILES string of the molecule is CC(C)S(=O)(=O)CCOc1cc(Br)ccc1Cl. The van der Waals surface area contributed by atoms with Crippen LogP contribution in [0.25, 0.3) is 0 Å². The second-order valence-corrected chi connectivity index (χ2v) is 7.84. The average molecular weight is 342 g/mol. The molecule has 0 atom stereocenters. The Kier molecular flexibility index (Phi) is 5.28. The van der Waals surface area contributed by atoms with E-state index in [1.165, 1.54) is 0 Å². The molecule has 0 N–H and O–H groups in total. The summed E-state index contributed by atoms with van der Waals surface area (Å²) < 4.78 is 29.3. The van der Waals surface area contributed by atoms with Crippen LogP contribution in [0, 0.1) is 0 Å². The van der Waals surface area contributed by atoms with E-state index in [0.29, 0.717) is 10.8 Å². The normalized spacial score (nSPS) is 11.8. The molecule has 1 rings (SSSR count). The Hall–Kier alpha value is -0.260. The summed E-state index contributed by atoms with van der Waals surface area (Å²) in [5.74, 6) is 0.480. The summed E-state index contributed by atoms with van der Waals surface area (Å²) in [6.07, 6.45) is 0. The van der Waals surface area contributed by atoms with Gasteiger partial charge in [-0.3, -0.25) is 0 Å². The van der Waals surface area contributed by atoms with Gasteiger partial charge in [-0.1, -0.05) is 27.5 Å². The third-order valence-electron chi connectivity index (χ3n) is 2.24. The third-order valence-corrected chi connectivity index (χ3v) is 5.21. The molecule has 0 spiro atoms. The maximum atomic E-state index is 11.6. The average Bonchev–Trinajstić information content (AvgIpc) is 2.22. The lowest BCUT2D eigenvalue weighted by Crippen LogP contribution is -2.22. The van der Waals surface area contributed by atoms with E-state index >= 15 is 0 Å². The second-order valence-electron chi connectivity index (χ2n) is 3.84. The number of hydrogen-bond acceptors (Lipinski definition) is 3. The van der Waals surface area contributed by atoms with Gasteiger partial charge in [0.1, 0.15) is 12.4 Å². The number of sulfone groups is 1. The minimum Gasteiger partial charge on any atom is -0.491 e. The second kappa shape index (κ2) is 6.07.